The number of amides is 1. The van der Waals surface area contributed by atoms with E-state index < -0.39 is 17.8 Å². The van der Waals surface area contributed by atoms with Crippen molar-refractivity contribution in [3.8, 4) is 11.3 Å². The summed E-state index contributed by atoms with van der Waals surface area (Å²) in [5.41, 5.74) is 2.49. The summed E-state index contributed by atoms with van der Waals surface area (Å²) < 4.78 is 0. The predicted octanol–water partition coefficient (Wildman–Crippen LogP) is 2.09. The van der Waals surface area contributed by atoms with Gasteiger partial charge in [0.2, 0.25) is 5.91 Å². The highest BCUT2D eigenvalue weighted by atomic mass is 16.4. The fourth-order valence-electron chi connectivity index (χ4n) is 1.79. The SMILES string of the molecule is CC(C(=O)O)C(=O)NCc1cccc(-c2ccccc2)n1. The molecule has 1 unspecified atom stereocenters. The molecule has 0 fully saturated rings. The highest BCUT2D eigenvalue weighted by molar-refractivity contribution is 5.96. The van der Waals surface area contributed by atoms with Crippen LogP contribution >= 0.6 is 0 Å². The van der Waals surface area contributed by atoms with E-state index in [1.807, 2.05) is 42.5 Å². The minimum atomic E-state index is -1.14. The Morgan fingerprint density at radius 2 is 1.86 bits per heavy atom. The molecule has 5 heteroatoms. The number of aliphatic carboxylic acids is 1. The molecular formula is C16H16N2O3. The second-order valence-electron chi connectivity index (χ2n) is 4.66. The van der Waals surface area contributed by atoms with Crippen LogP contribution in [0.1, 0.15) is 12.6 Å². The van der Waals surface area contributed by atoms with Crippen molar-refractivity contribution in [1.82, 2.24) is 10.3 Å². The molecular weight excluding hydrogens is 268 g/mol. The molecule has 2 rings (SSSR count). The van der Waals surface area contributed by atoms with E-state index >= 15 is 0 Å². The van der Waals surface area contributed by atoms with Crippen molar-refractivity contribution >= 4 is 11.9 Å². The predicted molar refractivity (Wildman–Crippen MR) is 78.3 cm³/mol. The molecule has 108 valence electrons. The van der Waals surface area contributed by atoms with Gasteiger partial charge in [-0.05, 0) is 19.1 Å². The zero-order valence-electron chi connectivity index (χ0n) is 11.6. The van der Waals surface area contributed by atoms with Crippen LogP contribution in [0, 0.1) is 5.92 Å². The number of aromatic nitrogens is 1. The number of rotatable bonds is 5. The lowest BCUT2D eigenvalue weighted by atomic mass is 10.1. The monoisotopic (exact) mass is 284 g/mol. The molecule has 2 N–H and O–H groups in total. The van der Waals surface area contributed by atoms with Crippen LogP contribution in [0.4, 0.5) is 0 Å². The first-order valence-corrected chi connectivity index (χ1v) is 6.60. The molecule has 0 radical (unpaired) electrons. The summed E-state index contributed by atoms with van der Waals surface area (Å²) in [6.45, 7) is 1.56. The van der Waals surface area contributed by atoms with Gasteiger partial charge in [-0.1, -0.05) is 36.4 Å². The molecule has 21 heavy (non-hydrogen) atoms. The first-order valence-electron chi connectivity index (χ1n) is 6.60. The number of nitrogens with zero attached hydrogens (tertiary/aromatic N) is 1. The maximum Gasteiger partial charge on any atom is 0.315 e. The highest BCUT2D eigenvalue weighted by Crippen LogP contribution is 2.16. The second kappa shape index (κ2) is 6.65. The molecule has 0 aliphatic carbocycles. The average Bonchev–Trinajstić information content (AvgIpc) is 2.53. The van der Waals surface area contributed by atoms with Gasteiger partial charge in [0.05, 0.1) is 17.9 Å². The van der Waals surface area contributed by atoms with Crippen molar-refractivity contribution in [3.05, 3.63) is 54.2 Å². The Bertz CT molecular complexity index is 641. The Morgan fingerprint density at radius 3 is 2.52 bits per heavy atom. The third kappa shape index (κ3) is 3.89. The summed E-state index contributed by atoms with van der Waals surface area (Å²) in [6, 6.07) is 15.2. The lowest BCUT2D eigenvalue weighted by molar-refractivity contribution is -0.146. The van der Waals surface area contributed by atoms with Gasteiger partial charge in [-0.25, -0.2) is 0 Å². The first-order chi connectivity index (χ1) is 10.1. The van der Waals surface area contributed by atoms with Gasteiger partial charge in [-0.3, -0.25) is 14.6 Å². The molecule has 5 nitrogen and oxygen atoms in total. The fourth-order valence-corrected chi connectivity index (χ4v) is 1.79. The lowest BCUT2D eigenvalue weighted by Crippen LogP contribution is -2.33. The number of hydrogen-bond acceptors (Lipinski definition) is 3. The van der Waals surface area contributed by atoms with Gasteiger partial charge in [-0.2, -0.15) is 0 Å². The van der Waals surface area contributed by atoms with E-state index in [2.05, 4.69) is 10.3 Å². The van der Waals surface area contributed by atoms with Gasteiger partial charge in [0.1, 0.15) is 5.92 Å². The minimum absolute atomic E-state index is 0.205. The number of carboxylic acids is 1. The zero-order chi connectivity index (χ0) is 15.2. The fraction of sp³-hybridized carbons (Fsp3) is 0.188. The van der Waals surface area contributed by atoms with Gasteiger partial charge in [0.25, 0.3) is 0 Å². The van der Waals surface area contributed by atoms with Crippen molar-refractivity contribution in [2.45, 2.75) is 13.5 Å². The van der Waals surface area contributed by atoms with Gasteiger partial charge < -0.3 is 10.4 Å². The quantitative estimate of drug-likeness (QED) is 0.824. The molecule has 1 aromatic carbocycles. The van der Waals surface area contributed by atoms with Crippen LogP contribution in [0.2, 0.25) is 0 Å². The van der Waals surface area contributed by atoms with Crippen molar-refractivity contribution in [1.29, 1.82) is 0 Å². The third-order valence-corrected chi connectivity index (χ3v) is 3.08. The van der Waals surface area contributed by atoms with Crippen molar-refractivity contribution < 1.29 is 14.7 Å². The van der Waals surface area contributed by atoms with E-state index in [0.717, 1.165) is 11.3 Å². The van der Waals surface area contributed by atoms with Crippen LogP contribution in [-0.2, 0) is 16.1 Å². The Balaban J connectivity index is 2.05. The molecule has 0 saturated heterocycles. The zero-order valence-corrected chi connectivity index (χ0v) is 11.6. The molecule has 1 heterocycles. The van der Waals surface area contributed by atoms with E-state index in [-0.39, 0.29) is 6.54 Å². The Labute approximate surface area is 122 Å². The minimum Gasteiger partial charge on any atom is -0.481 e. The van der Waals surface area contributed by atoms with E-state index in [9.17, 15) is 9.59 Å². The summed E-state index contributed by atoms with van der Waals surface area (Å²) in [6.07, 6.45) is 0. The summed E-state index contributed by atoms with van der Waals surface area (Å²) in [4.78, 5) is 26.8. The number of pyridine rings is 1. The van der Waals surface area contributed by atoms with Crippen LogP contribution in [0.15, 0.2) is 48.5 Å². The maximum absolute atomic E-state index is 11.6. The van der Waals surface area contributed by atoms with Gasteiger partial charge in [0.15, 0.2) is 0 Å². The van der Waals surface area contributed by atoms with Crippen molar-refractivity contribution in [2.24, 2.45) is 5.92 Å². The normalized spacial score (nSPS) is 11.7. The topological polar surface area (TPSA) is 79.3 Å². The summed E-state index contributed by atoms with van der Waals surface area (Å²) >= 11 is 0. The van der Waals surface area contributed by atoms with Crippen LogP contribution in [-0.4, -0.2) is 22.0 Å². The molecule has 2 aromatic rings. The van der Waals surface area contributed by atoms with Gasteiger partial charge >= 0.3 is 5.97 Å². The van der Waals surface area contributed by atoms with E-state index in [1.54, 1.807) is 6.07 Å². The first kappa shape index (κ1) is 14.7. The van der Waals surface area contributed by atoms with E-state index in [0.29, 0.717) is 5.69 Å². The molecule has 0 aliphatic rings. The third-order valence-electron chi connectivity index (χ3n) is 3.08. The van der Waals surface area contributed by atoms with Gasteiger partial charge in [0, 0.05) is 5.56 Å². The van der Waals surface area contributed by atoms with E-state index in [4.69, 9.17) is 5.11 Å². The average molecular weight is 284 g/mol. The molecule has 1 atom stereocenters. The Kier molecular flexibility index (Phi) is 4.66. The van der Waals surface area contributed by atoms with Crippen LogP contribution in [0.5, 0.6) is 0 Å². The van der Waals surface area contributed by atoms with E-state index in [1.165, 1.54) is 6.92 Å². The van der Waals surface area contributed by atoms with Crippen molar-refractivity contribution in [2.75, 3.05) is 0 Å². The molecule has 0 spiro atoms. The number of hydrogen-bond donors (Lipinski definition) is 2. The number of nitrogens with one attached hydrogen (secondary N) is 1. The maximum atomic E-state index is 11.6. The number of carbonyl (C=O) groups excluding carboxylic acids is 1. The smallest absolute Gasteiger partial charge is 0.315 e. The standard InChI is InChI=1S/C16H16N2O3/c1-11(16(20)21)15(19)17-10-13-8-5-9-14(18-13)12-6-3-2-4-7-12/h2-9,11H,10H2,1H3,(H,17,19)(H,20,21). The van der Waals surface area contributed by atoms with Crippen LogP contribution in [0.25, 0.3) is 11.3 Å². The van der Waals surface area contributed by atoms with Crippen molar-refractivity contribution in [3.63, 3.8) is 0 Å². The van der Waals surface area contributed by atoms with Gasteiger partial charge in [-0.15, -0.1) is 0 Å². The number of benzene rings is 1. The number of carboxylic acid groups (broad SMARTS) is 1. The largest absolute Gasteiger partial charge is 0.481 e. The van der Waals surface area contributed by atoms with Crippen LogP contribution in [0.3, 0.4) is 0 Å². The Hall–Kier alpha value is -2.69. The molecule has 1 aromatic heterocycles. The second-order valence-corrected chi connectivity index (χ2v) is 4.66. The number of carbonyl (C=O) groups is 2. The molecule has 0 saturated carbocycles. The lowest BCUT2D eigenvalue weighted by Gasteiger charge is -2.09. The summed E-state index contributed by atoms with van der Waals surface area (Å²) in [7, 11) is 0. The molecule has 1 amide bonds. The molecule has 0 aliphatic heterocycles. The highest BCUT2D eigenvalue weighted by Gasteiger charge is 2.19. The molecule has 0 bridgehead atoms. The Morgan fingerprint density at radius 1 is 1.14 bits per heavy atom. The van der Waals surface area contributed by atoms with Crippen LogP contribution < -0.4 is 5.32 Å². The summed E-state index contributed by atoms with van der Waals surface area (Å²) in [5.74, 6) is -2.73. The summed E-state index contributed by atoms with van der Waals surface area (Å²) in [5, 5.41) is 11.3.